The maximum atomic E-state index is 5.59. The monoisotopic (exact) mass is 262 g/mol. The van der Waals surface area contributed by atoms with Crippen LogP contribution >= 0.6 is 0 Å². The number of likely N-dealkylation sites (tertiary alicyclic amines) is 1. The van der Waals surface area contributed by atoms with Crippen molar-refractivity contribution in [2.75, 3.05) is 39.3 Å². The Morgan fingerprint density at radius 3 is 2.84 bits per heavy atom. The van der Waals surface area contributed by atoms with Gasteiger partial charge in [0.1, 0.15) is 0 Å². The first-order valence-electron chi connectivity index (χ1n) is 7.41. The Bertz CT molecular complexity index is 333. The predicted molar refractivity (Wildman–Crippen MR) is 79.0 cm³/mol. The summed E-state index contributed by atoms with van der Waals surface area (Å²) in [5.74, 6) is 0.831. The van der Waals surface area contributed by atoms with E-state index < -0.39 is 0 Å². The third kappa shape index (κ3) is 5.27. The maximum Gasteiger partial charge on any atom is 0.0416 e. The van der Waals surface area contributed by atoms with Gasteiger partial charge in [0.15, 0.2) is 0 Å². The van der Waals surface area contributed by atoms with E-state index in [4.69, 9.17) is 5.73 Å². The quantitative estimate of drug-likeness (QED) is 0.717. The number of aromatic nitrogens is 1. The van der Waals surface area contributed by atoms with Crippen LogP contribution in [0.1, 0.15) is 18.5 Å². The molecule has 1 saturated heterocycles. The van der Waals surface area contributed by atoms with Crippen molar-refractivity contribution in [3.05, 3.63) is 30.1 Å². The van der Waals surface area contributed by atoms with Gasteiger partial charge in [-0.1, -0.05) is 6.07 Å². The maximum absolute atomic E-state index is 5.59. The molecule has 0 amide bonds. The van der Waals surface area contributed by atoms with Crippen molar-refractivity contribution in [1.82, 2.24) is 15.2 Å². The highest BCUT2D eigenvalue weighted by Gasteiger charge is 2.17. The summed E-state index contributed by atoms with van der Waals surface area (Å²) >= 11 is 0. The van der Waals surface area contributed by atoms with Gasteiger partial charge in [0, 0.05) is 37.9 Å². The van der Waals surface area contributed by atoms with Crippen LogP contribution in [0.3, 0.4) is 0 Å². The third-order valence-electron chi connectivity index (χ3n) is 3.87. The normalized spacial score (nSPS) is 17.7. The number of pyridine rings is 1. The first kappa shape index (κ1) is 14.4. The van der Waals surface area contributed by atoms with Crippen LogP contribution in [0.25, 0.3) is 0 Å². The van der Waals surface area contributed by atoms with Gasteiger partial charge >= 0.3 is 0 Å². The molecule has 0 saturated carbocycles. The molecule has 0 aromatic carbocycles. The van der Waals surface area contributed by atoms with Gasteiger partial charge in [-0.2, -0.15) is 0 Å². The average Bonchev–Trinajstić information content (AvgIpc) is 2.47. The standard InChI is InChI=1S/C15H26N4/c16-7-12-19-10-5-14(6-11-19)13-17-9-4-15-3-1-2-8-18-15/h1-3,8,14,17H,4-7,9-13,16H2. The van der Waals surface area contributed by atoms with Crippen molar-refractivity contribution in [3.63, 3.8) is 0 Å². The fourth-order valence-corrected chi connectivity index (χ4v) is 2.67. The number of nitrogens with one attached hydrogen (secondary N) is 1. The fourth-order valence-electron chi connectivity index (χ4n) is 2.67. The summed E-state index contributed by atoms with van der Waals surface area (Å²) in [6.45, 7) is 6.43. The molecule has 19 heavy (non-hydrogen) atoms. The van der Waals surface area contributed by atoms with Crippen LogP contribution in [0, 0.1) is 5.92 Å². The van der Waals surface area contributed by atoms with E-state index in [1.165, 1.54) is 31.6 Å². The SMILES string of the molecule is NCCN1CCC(CNCCc2ccccn2)CC1. The Morgan fingerprint density at radius 2 is 2.16 bits per heavy atom. The Hall–Kier alpha value is -0.970. The molecule has 3 N–H and O–H groups in total. The van der Waals surface area contributed by atoms with Crippen LogP contribution in [-0.2, 0) is 6.42 Å². The predicted octanol–water partition coefficient (Wildman–Crippen LogP) is 0.884. The lowest BCUT2D eigenvalue weighted by molar-refractivity contribution is 0.187. The zero-order chi connectivity index (χ0) is 13.3. The highest BCUT2D eigenvalue weighted by Crippen LogP contribution is 2.15. The van der Waals surface area contributed by atoms with E-state index in [0.29, 0.717) is 0 Å². The summed E-state index contributed by atoms with van der Waals surface area (Å²) in [6, 6.07) is 6.11. The summed E-state index contributed by atoms with van der Waals surface area (Å²) in [6.07, 6.45) is 5.49. The molecular formula is C15H26N4. The molecule has 0 unspecified atom stereocenters. The lowest BCUT2D eigenvalue weighted by Gasteiger charge is -2.31. The van der Waals surface area contributed by atoms with E-state index in [1.54, 1.807) is 0 Å². The molecule has 2 heterocycles. The van der Waals surface area contributed by atoms with Crippen LogP contribution < -0.4 is 11.1 Å². The van der Waals surface area contributed by atoms with Gasteiger partial charge in [-0.15, -0.1) is 0 Å². The second-order valence-electron chi connectivity index (χ2n) is 5.35. The van der Waals surface area contributed by atoms with Gasteiger partial charge in [-0.05, 0) is 50.5 Å². The molecule has 1 aromatic rings. The summed E-state index contributed by atoms with van der Waals surface area (Å²) < 4.78 is 0. The largest absolute Gasteiger partial charge is 0.329 e. The third-order valence-corrected chi connectivity index (χ3v) is 3.87. The summed E-state index contributed by atoms with van der Waals surface area (Å²) in [5.41, 5.74) is 6.76. The number of piperidine rings is 1. The van der Waals surface area contributed by atoms with Gasteiger partial charge in [-0.3, -0.25) is 4.98 Å². The number of nitrogens with zero attached hydrogens (tertiary/aromatic N) is 2. The Labute approximate surface area is 116 Å². The van der Waals surface area contributed by atoms with E-state index in [1.807, 2.05) is 12.3 Å². The lowest BCUT2D eigenvalue weighted by atomic mass is 9.97. The molecule has 0 radical (unpaired) electrons. The molecule has 106 valence electrons. The summed E-state index contributed by atoms with van der Waals surface area (Å²) in [7, 11) is 0. The van der Waals surface area contributed by atoms with Crippen LogP contribution in [0.5, 0.6) is 0 Å². The van der Waals surface area contributed by atoms with E-state index in [0.717, 1.165) is 38.5 Å². The number of nitrogens with two attached hydrogens (primary N) is 1. The average molecular weight is 262 g/mol. The van der Waals surface area contributed by atoms with Crippen molar-refractivity contribution >= 4 is 0 Å². The van der Waals surface area contributed by atoms with E-state index in [2.05, 4.69) is 27.3 Å². The molecule has 1 aromatic heterocycles. The van der Waals surface area contributed by atoms with Crippen molar-refractivity contribution in [3.8, 4) is 0 Å². The van der Waals surface area contributed by atoms with Gasteiger partial charge < -0.3 is 16.0 Å². The molecule has 0 atom stereocenters. The van der Waals surface area contributed by atoms with E-state index in [9.17, 15) is 0 Å². The Morgan fingerprint density at radius 1 is 1.32 bits per heavy atom. The van der Waals surface area contributed by atoms with E-state index in [-0.39, 0.29) is 0 Å². The van der Waals surface area contributed by atoms with Crippen LogP contribution in [-0.4, -0.2) is 49.2 Å². The fraction of sp³-hybridized carbons (Fsp3) is 0.667. The second-order valence-corrected chi connectivity index (χ2v) is 5.35. The van der Waals surface area contributed by atoms with Crippen LogP contribution in [0.2, 0.25) is 0 Å². The topological polar surface area (TPSA) is 54.2 Å². The smallest absolute Gasteiger partial charge is 0.0416 e. The molecule has 1 fully saturated rings. The summed E-state index contributed by atoms with van der Waals surface area (Å²) in [5, 5.41) is 3.57. The molecule has 2 rings (SSSR count). The molecular weight excluding hydrogens is 236 g/mol. The minimum Gasteiger partial charge on any atom is -0.329 e. The van der Waals surface area contributed by atoms with Crippen molar-refractivity contribution < 1.29 is 0 Å². The minimum absolute atomic E-state index is 0.785. The van der Waals surface area contributed by atoms with Crippen LogP contribution in [0.15, 0.2) is 24.4 Å². The molecule has 0 bridgehead atoms. The Kier molecular flexibility index (Phi) is 6.27. The molecule has 0 aliphatic carbocycles. The van der Waals surface area contributed by atoms with E-state index >= 15 is 0 Å². The van der Waals surface area contributed by atoms with Gasteiger partial charge in [0.2, 0.25) is 0 Å². The zero-order valence-electron chi connectivity index (χ0n) is 11.7. The summed E-state index contributed by atoms with van der Waals surface area (Å²) in [4.78, 5) is 6.81. The number of rotatable bonds is 7. The van der Waals surface area contributed by atoms with Crippen molar-refractivity contribution in [2.24, 2.45) is 11.7 Å². The first-order chi connectivity index (χ1) is 9.38. The zero-order valence-corrected chi connectivity index (χ0v) is 11.7. The van der Waals surface area contributed by atoms with Gasteiger partial charge in [0.25, 0.3) is 0 Å². The molecule has 1 aliphatic heterocycles. The number of hydrogen-bond donors (Lipinski definition) is 2. The lowest BCUT2D eigenvalue weighted by Crippen LogP contribution is -2.39. The Balaban J connectivity index is 1.55. The second kappa shape index (κ2) is 8.25. The number of hydrogen-bond acceptors (Lipinski definition) is 4. The molecule has 4 heteroatoms. The minimum atomic E-state index is 0.785. The van der Waals surface area contributed by atoms with Crippen molar-refractivity contribution in [1.29, 1.82) is 0 Å². The van der Waals surface area contributed by atoms with Gasteiger partial charge in [-0.25, -0.2) is 0 Å². The molecule has 0 spiro atoms. The van der Waals surface area contributed by atoms with Crippen LogP contribution in [0.4, 0.5) is 0 Å². The highest BCUT2D eigenvalue weighted by molar-refractivity contribution is 5.03. The first-order valence-corrected chi connectivity index (χ1v) is 7.41. The molecule has 4 nitrogen and oxygen atoms in total. The van der Waals surface area contributed by atoms with Crippen molar-refractivity contribution in [2.45, 2.75) is 19.3 Å². The van der Waals surface area contributed by atoms with Gasteiger partial charge in [0.05, 0.1) is 0 Å². The highest BCUT2D eigenvalue weighted by atomic mass is 15.1. The molecule has 1 aliphatic rings.